The summed E-state index contributed by atoms with van der Waals surface area (Å²) in [5.41, 5.74) is 12.7. The van der Waals surface area contributed by atoms with Crippen LogP contribution in [0.5, 0.6) is 0 Å². The standard InChI is InChI=1S/C52H42NO2P/c1-37(39-21-9-3-10-22-39)53(38(2)40-23-11-4-12-24-40)56-54-51-47(43-29-17-7-18-30-43)33-45(41-25-13-5-14-26-41)35-49(51)50-36-46(42-27-15-6-16-28-42)34-48(52(50)55-56)44-31-19-8-20-32-44/h3-38H,1-2H3/t37-,38-/m1/s1. The van der Waals surface area contributed by atoms with Gasteiger partial charge >= 0.3 is 8.16 Å². The highest BCUT2D eigenvalue weighted by Gasteiger charge is 2.30. The molecule has 56 heavy (non-hydrogen) atoms. The second kappa shape index (κ2) is 15.8. The summed E-state index contributed by atoms with van der Waals surface area (Å²) in [7, 11) is -1.77. The van der Waals surface area contributed by atoms with E-state index >= 15 is 0 Å². The lowest BCUT2D eigenvalue weighted by atomic mass is 9.92. The van der Waals surface area contributed by atoms with E-state index in [-0.39, 0.29) is 12.1 Å². The number of rotatable bonds is 9. The summed E-state index contributed by atoms with van der Waals surface area (Å²) in [6.45, 7) is 4.54. The van der Waals surface area contributed by atoms with Gasteiger partial charge in [0, 0.05) is 34.0 Å². The Labute approximate surface area is 329 Å². The first-order valence-corrected chi connectivity index (χ1v) is 20.4. The summed E-state index contributed by atoms with van der Waals surface area (Å²) >= 11 is 0. The summed E-state index contributed by atoms with van der Waals surface area (Å²) in [6.07, 6.45) is 0. The third kappa shape index (κ3) is 7.00. The molecular formula is C52H42NO2P. The van der Waals surface area contributed by atoms with Gasteiger partial charge in [0.2, 0.25) is 0 Å². The van der Waals surface area contributed by atoms with Gasteiger partial charge < -0.3 is 8.39 Å². The highest BCUT2D eigenvalue weighted by molar-refractivity contribution is 7.39. The molecule has 2 atom stereocenters. The molecule has 0 spiro atoms. The van der Waals surface area contributed by atoms with Crippen LogP contribution in [0.2, 0.25) is 0 Å². The zero-order valence-electron chi connectivity index (χ0n) is 31.5. The number of benzene rings is 8. The number of fused-ring (bicyclic) bond motifs is 3. The Balaban J connectivity index is 1.47. The van der Waals surface area contributed by atoms with Gasteiger partial charge in [-0.05, 0) is 82.6 Å². The molecule has 0 fully saturated rings. The van der Waals surface area contributed by atoms with Gasteiger partial charge in [-0.25, -0.2) is 0 Å². The molecule has 272 valence electrons. The van der Waals surface area contributed by atoms with Crippen LogP contribution < -0.4 is 4.67 Å². The van der Waals surface area contributed by atoms with Crippen molar-refractivity contribution in [2.24, 2.45) is 0 Å². The summed E-state index contributed by atoms with van der Waals surface area (Å²) in [6, 6.07) is 73.0. The van der Waals surface area contributed by atoms with E-state index < -0.39 is 8.16 Å². The van der Waals surface area contributed by atoms with Gasteiger partial charge in [-0.15, -0.1) is 0 Å². The topological polar surface area (TPSA) is 29.5 Å². The number of hydrogen-bond donors (Lipinski definition) is 0. The van der Waals surface area contributed by atoms with Gasteiger partial charge in [0.25, 0.3) is 0 Å². The van der Waals surface area contributed by atoms with Gasteiger partial charge in [-0.3, -0.25) is 0 Å². The third-order valence-electron chi connectivity index (χ3n) is 10.7. The minimum absolute atomic E-state index is 0.0462. The van der Waals surface area contributed by atoms with Crippen LogP contribution in [0.3, 0.4) is 0 Å². The predicted octanol–water partition coefficient (Wildman–Crippen LogP) is 15.4. The molecule has 1 aromatic heterocycles. The van der Waals surface area contributed by atoms with E-state index in [2.05, 4.69) is 225 Å². The van der Waals surface area contributed by atoms with Crippen LogP contribution in [0.4, 0.5) is 0 Å². The molecule has 4 heteroatoms. The Bertz CT molecular complexity index is 2560. The first-order chi connectivity index (χ1) is 27.6. The fraction of sp³-hybridized carbons (Fsp3) is 0.0769. The van der Waals surface area contributed by atoms with Crippen LogP contribution >= 0.6 is 8.16 Å². The molecule has 8 aromatic carbocycles. The van der Waals surface area contributed by atoms with Crippen molar-refractivity contribution in [3.05, 3.63) is 217 Å². The highest BCUT2D eigenvalue weighted by atomic mass is 31.1. The summed E-state index contributed by atoms with van der Waals surface area (Å²) < 4.78 is 17.6. The second-order valence-corrected chi connectivity index (χ2v) is 15.5. The SMILES string of the molecule is C[C@H](c1ccccc1)N([C@H](C)c1ccccc1)p1oc2c(-c3ccccc3)cc(-c3ccccc3)cc2c2cc(-c3ccccc3)cc(-c3ccccc3)c2o1. The lowest BCUT2D eigenvalue weighted by molar-refractivity contribution is 0.559. The molecule has 0 saturated carbocycles. The van der Waals surface area contributed by atoms with E-state index in [9.17, 15) is 0 Å². The van der Waals surface area contributed by atoms with Gasteiger partial charge in [0.1, 0.15) is 0 Å². The highest BCUT2D eigenvalue weighted by Crippen LogP contribution is 2.50. The van der Waals surface area contributed by atoms with Crippen LogP contribution in [-0.2, 0) is 0 Å². The van der Waals surface area contributed by atoms with Crippen molar-refractivity contribution in [2.75, 3.05) is 4.67 Å². The van der Waals surface area contributed by atoms with Crippen LogP contribution in [0, 0.1) is 0 Å². The molecule has 0 aliphatic carbocycles. The van der Waals surface area contributed by atoms with E-state index in [1.807, 2.05) is 0 Å². The van der Waals surface area contributed by atoms with E-state index in [1.165, 1.54) is 11.1 Å². The fourth-order valence-corrected chi connectivity index (χ4v) is 9.53. The van der Waals surface area contributed by atoms with Crippen molar-refractivity contribution in [2.45, 2.75) is 25.9 Å². The Hall–Kier alpha value is -6.38. The Morgan fingerprint density at radius 3 is 1.00 bits per heavy atom. The van der Waals surface area contributed by atoms with Crippen molar-refractivity contribution >= 4 is 30.1 Å². The lowest BCUT2D eigenvalue weighted by Gasteiger charge is -2.32. The van der Waals surface area contributed by atoms with E-state index in [4.69, 9.17) is 8.39 Å². The van der Waals surface area contributed by atoms with Crippen molar-refractivity contribution in [3.8, 4) is 44.5 Å². The number of hydrogen-bond acceptors (Lipinski definition) is 3. The van der Waals surface area contributed by atoms with Gasteiger partial charge in [0.15, 0.2) is 11.2 Å². The molecule has 0 amide bonds. The monoisotopic (exact) mass is 743 g/mol. The Kier molecular flexibility index (Phi) is 9.95. The molecule has 1 heterocycles. The minimum atomic E-state index is -1.77. The molecular weight excluding hydrogens is 702 g/mol. The average molecular weight is 744 g/mol. The van der Waals surface area contributed by atoms with E-state index in [0.29, 0.717) is 0 Å². The van der Waals surface area contributed by atoms with Crippen molar-refractivity contribution in [1.82, 2.24) is 0 Å². The summed E-state index contributed by atoms with van der Waals surface area (Å²) in [4.78, 5) is 0. The van der Waals surface area contributed by atoms with Gasteiger partial charge in [-0.1, -0.05) is 182 Å². The average Bonchev–Trinajstić information content (AvgIpc) is 3.44. The summed E-state index contributed by atoms with van der Waals surface area (Å²) in [5.74, 6) is 0. The molecule has 0 N–H and O–H groups in total. The van der Waals surface area contributed by atoms with Crippen LogP contribution in [0.15, 0.2) is 215 Å². The largest absolute Gasteiger partial charge is 0.407 e. The first kappa shape index (κ1) is 35.3. The van der Waals surface area contributed by atoms with Crippen molar-refractivity contribution in [3.63, 3.8) is 0 Å². The second-order valence-electron chi connectivity index (χ2n) is 14.2. The molecule has 9 rings (SSSR count). The smallest absolute Gasteiger partial charge is 0.310 e. The molecule has 0 radical (unpaired) electrons. The predicted molar refractivity (Wildman–Crippen MR) is 236 cm³/mol. The van der Waals surface area contributed by atoms with Crippen molar-refractivity contribution in [1.29, 1.82) is 0 Å². The van der Waals surface area contributed by atoms with Crippen LogP contribution in [0.1, 0.15) is 37.1 Å². The lowest BCUT2D eigenvalue weighted by Crippen LogP contribution is -2.27. The minimum Gasteiger partial charge on any atom is -0.407 e. The first-order valence-electron chi connectivity index (χ1n) is 19.2. The quantitative estimate of drug-likeness (QED) is 0.147. The Morgan fingerprint density at radius 2 is 0.661 bits per heavy atom. The fourth-order valence-electron chi connectivity index (χ4n) is 7.77. The maximum atomic E-state index is 7.57. The Morgan fingerprint density at radius 1 is 0.357 bits per heavy atom. The maximum absolute atomic E-state index is 7.57. The van der Waals surface area contributed by atoms with E-state index in [0.717, 1.165) is 66.4 Å². The molecule has 3 nitrogen and oxygen atoms in total. The number of nitrogens with zero attached hydrogens (tertiary/aromatic N) is 1. The maximum Gasteiger partial charge on any atom is 0.310 e. The normalized spacial score (nSPS) is 12.5. The van der Waals surface area contributed by atoms with Gasteiger partial charge in [0.05, 0.1) is 0 Å². The molecule has 9 aromatic rings. The molecule has 0 unspecified atom stereocenters. The zero-order chi connectivity index (χ0) is 37.8. The van der Waals surface area contributed by atoms with Crippen molar-refractivity contribution < 1.29 is 8.39 Å². The summed E-state index contributed by atoms with van der Waals surface area (Å²) in [5, 5.41) is 2.00. The van der Waals surface area contributed by atoms with Gasteiger partial charge in [-0.2, -0.15) is 4.67 Å². The van der Waals surface area contributed by atoms with Crippen LogP contribution in [-0.4, -0.2) is 0 Å². The van der Waals surface area contributed by atoms with E-state index in [1.54, 1.807) is 0 Å². The molecule has 0 aliphatic rings. The third-order valence-corrected chi connectivity index (χ3v) is 12.5. The van der Waals surface area contributed by atoms with Crippen LogP contribution in [0.25, 0.3) is 66.4 Å². The zero-order valence-corrected chi connectivity index (χ0v) is 32.4. The molecule has 0 bridgehead atoms. The molecule has 0 saturated heterocycles. The molecule has 0 aliphatic heterocycles.